The Morgan fingerprint density at radius 1 is 1.43 bits per heavy atom. The molecule has 1 atom stereocenters. The molecule has 2 N–H and O–H groups in total. The van der Waals surface area contributed by atoms with E-state index in [4.69, 9.17) is 11.6 Å². The molecular formula is C15H24ClNO4. The molecule has 21 heavy (non-hydrogen) atoms. The summed E-state index contributed by atoms with van der Waals surface area (Å²) in [6.45, 7) is -2.62. The van der Waals surface area contributed by atoms with Crippen LogP contribution >= 0.6 is 12.4 Å². The number of ether oxygens (including phenoxy) is 2. The van der Waals surface area contributed by atoms with E-state index in [1.807, 2.05) is 0 Å². The van der Waals surface area contributed by atoms with Gasteiger partial charge < -0.3 is 19.9 Å². The Kier molecular flexibility index (Phi) is 6.09. The van der Waals surface area contributed by atoms with Gasteiger partial charge in [0.2, 0.25) is 0 Å². The number of esters is 1. The number of hydrogen-bond acceptors (Lipinski definition) is 5. The molecule has 0 radical (unpaired) electrons. The second kappa shape index (κ2) is 10.4. The molecule has 0 aliphatic carbocycles. The van der Waals surface area contributed by atoms with Crippen LogP contribution in [0.2, 0.25) is 0 Å². The number of aliphatic hydroxyl groups is 1. The molecule has 5 nitrogen and oxygen atoms in total. The van der Waals surface area contributed by atoms with Gasteiger partial charge in [0.25, 0.3) is 0 Å². The summed E-state index contributed by atoms with van der Waals surface area (Å²) in [5.41, 5.74) is 0.609. The van der Waals surface area contributed by atoms with E-state index in [0.717, 1.165) is 0 Å². The van der Waals surface area contributed by atoms with Crippen LogP contribution in [0.15, 0.2) is 24.3 Å². The molecule has 0 amide bonds. The lowest BCUT2D eigenvalue weighted by molar-refractivity contribution is -0.139. The normalized spacial score (nSPS) is 18.0. The highest BCUT2D eigenvalue weighted by molar-refractivity contribution is 5.85. The molecule has 6 heteroatoms. The van der Waals surface area contributed by atoms with Crippen molar-refractivity contribution in [1.29, 1.82) is 0 Å². The van der Waals surface area contributed by atoms with E-state index in [-0.39, 0.29) is 24.6 Å². The minimum atomic E-state index is -3.23. The summed E-state index contributed by atoms with van der Waals surface area (Å²) in [6, 6.07) is 5.30. The molecule has 0 aromatic heterocycles. The van der Waals surface area contributed by atoms with Crippen molar-refractivity contribution in [1.82, 2.24) is 5.32 Å². The van der Waals surface area contributed by atoms with Gasteiger partial charge >= 0.3 is 5.97 Å². The van der Waals surface area contributed by atoms with Gasteiger partial charge in [0.1, 0.15) is 18.4 Å². The molecule has 0 heterocycles. The van der Waals surface area contributed by atoms with Crippen molar-refractivity contribution in [3.8, 4) is 5.75 Å². The molecule has 1 aromatic carbocycles. The first kappa shape index (κ1) is 12.3. The smallest absolute Gasteiger partial charge is 0.309 e. The van der Waals surface area contributed by atoms with Crippen LogP contribution in [0, 0.1) is 0 Å². The van der Waals surface area contributed by atoms with E-state index in [9.17, 15) is 9.90 Å². The van der Waals surface area contributed by atoms with Gasteiger partial charge in [0, 0.05) is 15.3 Å². The van der Waals surface area contributed by atoms with Gasteiger partial charge in [-0.1, -0.05) is 26.0 Å². The molecular weight excluding hydrogens is 294 g/mol. The molecule has 0 saturated heterocycles. The number of methoxy groups -OCH3 is 1. The largest absolute Gasteiger partial charge is 0.491 e. The zero-order valence-electron chi connectivity index (χ0n) is 17.2. The first-order chi connectivity index (χ1) is 11.3. The summed E-state index contributed by atoms with van der Waals surface area (Å²) in [7, 11) is 1.27. The molecule has 1 aromatic rings. The molecule has 120 valence electrons. The van der Waals surface area contributed by atoms with Crippen LogP contribution in [0.4, 0.5) is 0 Å². The number of carbonyl (C=O) groups excluding carboxylic acids is 1. The standard InChI is InChI=1S/C15H23NO4.ClH/c1-11(2)16-9-13(17)10-20-14-6-4-12(5-7-14)8-15(18)19-3;/h4-7,11,13,16-17H,8-10H2,1-3H3;1H/i9D2,10D2,13D;. The predicted octanol–water partition coefficient (Wildman–Crippen LogP) is 1.56. The Hall–Kier alpha value is -1.30. The highest BCUT2D eigenvalue weighted by Crippen LogP contribution is 2.13. The number of rotatable bonds is 8. The number of hydrogen-bond donors (Lipinski definition) is 2. The molecule has 0 spiro atoms. The lowest BCUT2D eigenvalue weighted by Crippen LogP contribution is -2.35. The third-order valence-corrected chi connectivity index (χ3v) is 2.24. The lowest BCUT2D eigenvalue weighted by atomic mass is 10.1. The molecule has 0 saturated carbocycles. The van der Waals surface area contributed by atoms with Crippen LogP contribution in [0.5, 0.6) is 5.75 Å². The van der Waals surface area contributed by atoms with E-state index in [1.54, 1.807) is 13.8 Å². The molecule has 1 rings (SSSR count). The van der Waals surface area contributed by atoms with Gasteiger partial charge in [-0.2, -0.15) is 0 Å². The van der Waals surface area contributed by atoms with Crippen LogP contribution in [-0.2, 0) is 16.0 Å². The van der Waals surface area contributed by atoms with Gasteiger partial charge in [-0.05, 0) is 17.7 Å². The van der Waals surface area contributed by atoms with Crippen LogP contribution < -0.4 is 10.1 Å². The van der Waals surface area contributed by atoms with Gasteiger partial charge in [-0.3, -0.25) is 4.79 Å². The number of nitrogens with one attached hydrogen (secondary N) is 1. The van der Waals surface area contributed by atoms with E-state index in [0.29, 0.717) is 5.56 Å². The Morgan fingerprint density at radius 2 is 2.05 bits per heavy atom. The van der Waals surface area contributed by atoms with Crippen molar-refractivity contribution in [2.24, 2.45) is 0 Å². The summed E-state index contributed by atoms with van der Waals surface area (Å²) < 4.78 is 48.5. The number of carbonyl (C=O) groups is 1. The average Bonchev–Trinajstić information content (AvgIpc) is 2.47. The van der Waals surface area contributed by atoms with Crippen molar-refractivity contribution >= 4 is 18.4 Å². The average molecular weight is 323 g/mol. The first-order valence-electron chi connectivity index (χ1n) is 8.67. The quantitative estimate of drug-likeness (QED) is 0.711. The topological polar surface area (TPSA) is 67.8 Å². The van der Waals surface area contributed by atoms with Crippen LogP contribution in [0.25, 0.3) is 0 Å². The maximum Gasteiger partial charge on any atom is 0.309 e. The zero-order valence-corrected chi connectivity index (χ0v) is 13.0. The Bertz CT molecular complexity index is 596. The highest BCUT2D eigenvalue weighted by Gasteiger charge is 2.07. The molecule has 1 unspecified atom stereocenters. The van der Waals surface area contributed by atoms with E-state index in [1.165, 1.54) is 31.4 Å². The van der Waals surface area contributed by atoms with Gasteiger partial charge in [0.05, 0.1) is 17.6 Å². The minimum Gasteiger partial charge on any atom is -0.491 e. The van der Waals surface area contributed by atoms with Gasteiger partial charge in [0.15, 0.2) is 0 Å². The molecule has 0 aliphatic rings. The Balaban J connectivity index is 0.00000625. The number of benzene rings is 1. The van der Waals surface area contributed by atoms with Crippen molar-refractivity contribution in [2.45, 2.75) is 32.4 Å². The van der Waals surface area contributed by atoms with Crippen LogP contribution in [0.1, 0.15) is 26.3 Å². The van der Waals surface area contributed by atoms with Gasteiger partial charge in [-0.25, -0.2) is 0 Å². The van der Waals surface area contributed by atoms with Crippen LogP contribution in [-0.4, -0.2) is 43.4 Å². The van der Waals surface area contributed by atoms with Crippen molar-refractivity contribution in [3.05, 3.63) is 29.8 Å². The van der Waals surface area contributed by atoms with Crippen molar-refractivity contribution in [3.63, 3.8) is 0 Å². The Morgan fingerprint density at radius 3 is 2.57 bits per heavy atom. The highest BCUT2D eigenvalue weighted by atomic mass is 35.5. The summed E-state index contributed by atoms with van der Waals surface area (Å²) in [5, 5.41) is 12.5. The second-order valence-electron chi connectivity index (χ2n) is 4.37. The van der Waals surface area contributed by atoms with E-state index in [2.05, 4.69) is 10.1 Å². The first-order valence-corrected chi connectivity index (χ1v) is 6.17. The monoisotopic (exact) mass is 322 g/mol. The second-order valence-corrected chi connectivity index (χ2v) is 4.37. The maximum atomic E-state index is 11.2. The summed E-state index contributed by atoms with van der Waals surface area (Å²) >= 11 is 0. The Labute approximate surface area is 139 Å². The SMILES string of the molecule is Cl.[2H]C([2H])(NC(C)C)C([2H])(O)C([2H])([2H])Oc1ccc(CC(=O)OC)cc1. The van der Waals surface area contributed by atoms with Gasteiger partial charge in [-0.15, -0.1) is 12.4 Å². The molecule has 0 aliphatic heterocycles. The van der Waals surface area contributed by atoms with Crippen molar-refractivity contribution in [2.75, 3.05) is 20.2 Å². The van der Waals surface area contributed by atoms with Crippen molar-refractivity contribution < 1.29 is 26.2 Å². The zero-order chi connectivity index (χ0) is 19.5. The molecule has 0 fully saturated rings. The fourth-order valence-electron chi connectivity index (χ4n) is 1.26. The predicted molar refractivity (Wildman–Crippen MR) is 84.1 cm³/mol. The van der Waals surface area contributed by atoms with E-state index < -0.39 is 31.1 Å². The van der Waals surface area contributed by atoms with Crippen LogP contribution in [0.3, 0.4) is 0 Å². The lowest BCUT2D eigenvalue weighted by Gasteiger charge is -2.15. The fourth-order valence-corrected chi connectivity index (χ4v) is 1.26. The maximum absolute atomic E-state index is 11.2. The third-order valence-electron chi connectivity index (χ3n) is 2.24. The molecule has 0 bridgehead atoms. The summed E-state index contributed by atoms with van der Waals surface area (Å²) in [5.74, 6) is -0.456. The minimum absolute atomic E-state index is 0. The number of halogens is 1. The summed E-state index contributed by atoms with van der Waals surface area (Å²) in [4.78, 5) is 11.2. The summed E-state index contributed by atoms with van der Waals surface area (Å²) in [6.07, 6.45) is -3.19. The fraction of sp³-hybridized carbons (Fsp3) is 0.533. The third kappa shape index (κ3) is 8.55. The van der Waals surface area contributed by atoms with E-state index >= 15 is 0 Å².